The maximum atomic E-state index is 5.82. The van der Waals surface area contributed by atoms with E-state index in [2.05, 4.69) is 10.00 Å². The molecule has 38 heavy (non-hydrogen) atoms. The van der Waals surface area contributed by atoms with E-state index >= 15 is 0 Å². The molecule has 2 aromatic rings. The molecule has 0 atom stereocenters. The Bertz CT molecular complexity index is 934. The zero-order valence-electron chi connectivity index (χ0n) is 23.2. The summed E-state index contributed by atoms with van der Waals surface area (Å²) in [5, 5.41) is 0. The van der Waals surface area contributed by atoms with Gasteiger partial charge in [0, 0.05) is 7.92 Å². The zero-order valence-corrected chi connectivity index (χ0v) is 27.5. The van der Waals surface area contributed by atoms with Gasteiger partial charge in [-0.1, -0.05) is 19.3 Å². The molecule has 0 unspecified atom stereocenters. The molecule has 3 fully saturated rings. The van der Waals surface area contributed by atoms with Gasteiger partial charge < -0.3 is 7.43 Å². The summed E-state index contributed by atoms with van der Waals surface area (Å²) in [6.45, 7) is 0. The summed E-state index contributed by atoms with van der Waals surface area (Å²) in [5.41, 5.74) is 9.93. The molecule has 0 amide bonds. The first-order valence-electron chi connectivity index (χ1n) is 14.6. The van der Waals surface area contributed by atoms with Crippen molar-refractivity contribution < 1.29 is 13.5 Å². The molecule has 5 rings (SSSR count). The van der Waals surface area contributed by atoms with E-state index in [9.17, 15) is 0 Å². The van der Waals surface area contributed by atoms with Crippen LogP contribution in [0.2, 0.25) is 0 Å². The van der Waals surface area contributed by atoms with Crippen LogP contribution in [0.4, 0.5) is 0 Å². The zero-order chi connectivity index (χ0) is 25.7. The monoisotopic (exact) mass is 658 g/mol. The molecule has 3 aliphatic rings. The van der Waals surface area contributed by atoms with Crippen molar-refractivity contribution in [2.75, 3.05) is 0 Å². The number of benzene rings is 2. The average molecular weight is 659 g/mol. The van der Waals surface area contributed by atoms with E-state index < -0.39 is 13.5 Å². The third-order valence-corrected chi connectivity index (χ3v) is 14.5. The Balaban J connectivity index is 0.000000206. The SMILES string of the molecule is C1CCC([PH+](C2CCCCC2)C2CCCCC2)CC1.[CH3-].[Cl][Ru]([Cl])=[C]=C=C(c1ccccc1)c1ccccc1. The van der Waals surface area contributed by atoms with E-state index in [1.165, 1.54) is 17.0 Å². The van der Waals surface area contributed by atoms with Gasteiger partial charge in [0.15, 0.2) is 0 Å². The summed E-state index contributed by atoms with van der Waals surface area (Å²) in [6, 6.07) is 20.1. The van der Waals surface area contributed by atoms with E-state index in [0.29, 0.717) is 0 Å². The van der Waals surface area contributed by atoms with Crippen LogP contribution in [0.5, 0.6) is 0 Å². The Morgan fingerprint density at radius 1 is 0.579 bits per heavy atom. The number of rotatable bonds is 5. The fraction of sp³-hybridized carbons (Fsp3) is 0.529. The molecule has 0 bridgehead atoms. The molecule has 3 aliphatic carbocycles. The van der Waals surface area contributed by atoms with Crippen molar-refractivity contribution >= 4 is 37.1 Å². The predicted molar refractivity (Wildman–Crippen MR) is 171 cm³/mol. The first-order chi connectivity index (χ1) is 18.2. The van der Waals surface area contributed by atoms with Gasteiger partial charge in [0.2, 0.25) is 0 Å². The molecule has 0 aromatic heterocycles. The Hall–Kier alpha value is -0.497. The van der Waals surface area contributed by atoms with Crippen molar-refractivity contribution in [3.63, 3.8) is 0 Å². The van der Waals surface area contributed by atoms with Crippen LogP contribution in [0, 0.1) is 7.43 Å². The number of halogens is 2. The molecule has 0 spiro atoms. The predicted octanol–water partition coefficient (Wildman–Crippen LogP) is 11.2. The third kappa shape index (κ3) is 10.2. The quantitative estimate of drug-likeness (QED) is 0.130. The molecule has 0 radical (unpaired) electrons. The van der Waals surface area contributed by atoms with Gasteiger partial charge in [-0.2, -0.15) is 0 Å². The van der Waals surface area contributed by atoms with Crippen molar-refractivity contribution in [2.24, 2.45) is 0 Å². The van der Waals surface area contributed by atoms with Crippen LogP contribution >= 0.6 is 27.3 Å². The third-order valence-electron chi connectivity index (χ3n) is 8.59. The van der Waals surface area contributed by atoms with Crippen molar-refractivity contribution in [3.05, 3.63) is 84.9 Å². The van der Waals surface area contributed by atoms with Crippen LogP contribution in [0.3, 0.4) is 0 Å². The van der Waals surface area contributed by atoms with Gasteiger partial charge in [-0.25, -0.2) is 0 Å². The first kappa shape index (κ1) is 32.0. The Kier molecular flexibility index (Phi) is 15.2. The van der Waals surface area contributed by atoms with Gasteiger partial charge in [0.1, 0.15) is 0 Å². The molecule has 0 nitrogen and oxygen atoms in total. The standard InChI is InChI=1S/C18H33P.C15H10.CH3.2ClH.Ru/c1-4-10-16(11-5-1)19(17-12-6-2-7-13-17)18-14-8-3-9-15-18;1-2-15(13-9-5-3-6-10-13)14-11-7-4-8-12-14;;;;/h16-18H,1-15H2;3-12H;1H3;2*1H;/q;;-1;;;+2/p-1. The van der Waals surface area contributed by atoms with Gasteiger partial charge in [-0.05, 0) is 77.0 Å². The van der Waals surface area contributed by atoms with Gasteiger partial charge >= 0.3 is 120 Å². The van der Waals surface area contributed by atoms with Gasteiger partial charge in [-0.3, -0.25) is 0 Å². The molecule has 0 heterocycles. The summed E-state index contributed by atoms with van der Waals surface area (Å²) < 4.78 is 2.93. The van der Waals surface area contributed by atoms with Crippen molar-refractivity contribution in [2.45, 2.75) is 113 Å². The Morgan fingerprint density at radius 2 is 0.921 bits per heavy atom. The number of hydrogen-bond acceptors (Lipinski definition) is 0. The van der Waals surface area contributed by atoms with Crippen LogP contribution in [0.25, 0.3) is 5.57 Å². The van der Waals surface area contributed by atoms with Gasteiger partial charge in [-0.15, -0.1) is 0 Å². The molecule has 0 N–H and O–H groups in total. The van der Waals surface area contributed by atoms with Crippen LogP contribution in [-0.2, 0) is 13.5 Å². The molecule has 0 saturated heterocycles. The Labute approximate surface area is 247 Å². The van der Waals surface area contributed by atoms with E-state index in [4.69, 9.17) is 19.4 Å². The van der Waals surface area contributed by atoms with E-state index in [-0.39, 0.29) is 15.3 Å². The van der Waals surface area contributed by atoms with Crippen molar-refractivity contribution in [1.29, 1.82) is 0 Å². The molecule has 210 valence electrons. The summed E-state index contributed by atoms with van der Waals surface area (Å²) >= 11 is -1.95. The van der Waals surface area contributed by atoms with Crippen molar-refractivity contribution in [3.8, 4) is 0 Å². The first-order valence-corrected chi connectivity index (χ1v) is 21.7. The van der Waals surface area contributed by atoms with Crippen LogP contribution in [0.15, 0.2) is 66.4 Å². The normalized spacial score (nSPS) is 19.3. The molecular formula is C34H47Cl2PRu. The molecular weight excluding hydrogens is 611 g/mol. The molecule has 0 aliphatic heterocycles. The second-order valence-corrected chi connectivity index (χ2v) is 19.8. The Morgan fingerprint density at radius 3 is 1.24 bits per heavy atom. The fourth-order valence-electron chi connectivity index (χ4n) is 6.91. The van der Waals surface area contributed by atoms with Crippen molar-refractivity contribution in [1.82, 2.24) is 0 Å². The summed E-state index contributed by atoms with van der Waals surface area (Å²) in [7, 11) is 11.6. The van der Waals surface area contributed by atoms with Crippen LogP contribution in [-0.4, -0.2) is 21.2 Å². The summed E-state index contributed by atoms with van der Waals surface area (Å²) in [5.74, 6) is 0. The van der Waals surface area contributed by atoms with E-state index in [1.807, 2.05) is 60.7 Å². The summed E-state index contributed by atoms with van der Waals surface area (Å²) in [6.07, 6.45) is 23.8. The maximum absolute atomic E-state index is 5.82. The minimum atomic E-state index is -1.95. The topological polar surface area (TPSA) is 0 Å². The fourth-order valence-corrected chi connectivity index (χ4v) is 12.9. The van der Waals surface area contributed by atoms with Crippen LogP contribution < -0.4 is 0 Å². The van der Waals surface area contributed by atoms with Gasteiger partial charge in [0.05, 0.1) is 17.0 Å². The van der Waals surface area contributed by atoms with E-state index in [1.54, 1.807) is 96.3 Å². The van der Waals surface area contributed by atoms with E-state index in [0.717, 1.165) is 16.7 Å². The molecule has 3 saturated carbocycles. The second kappa shape index (κ2) is 18.0. The molecule has 2 aromatic carbocycles. The molecule has 4 heteroatoms. The second-order valence-electron chi connectivity index (χ2n) is 11.0. The van der Waals surface area contributed by atoms with Crippen LogP contribution in [0.1, 0.15) is 107 Å². The number of hydrogen-bond donors (Lipinski definition) is 0. The van der Waals surface area contributed by atoms with Gasteiger partial charge in [0.25, 0.3) is 0 Å². The average Bonchev–Trinajstić information content (AvgIpc) is 2.96. The summed E-state index contributed by atoms with van der Waals surface area (Å²) in [4.78, 5) is 0. The minimum absolute atomic E-state index is 0.